The number of nitrogens with zero attached hydrogens (tertiary/aromatic N) is 1. The maximum Gasteiger partial charge on any atom is 0.425 e. The molecule has 0 spiro atoms. The second kappa shape index (κ2) is 5.88. The number of hydrogen-bond acceptors (Lipinski definition) is 4. The molecule has 0 aliphatic rings. The molecule has 0 aliphatic carbocycles. The molecule has 0 aromatic heterocycles. The van der Waals surface area contributed by atoms with E-state index < -0.39 is 27.8 Å². The monoisotopic (exact) mass is 327 g/mol. The number of alkyl halides is 3. The van der Waals surface area contributed by atoms with Crippen LogP contribution in [0.1, 0.15) is 11.1 Å². The van der Waals surface area contributed by atoms with Crippen LogP contribution in [0.2, 0.25) is 0 Å². The Labute approximate surface area is 129 Å². The first-order valence-electron chi connectivity index (χ1n) is 6.38. The smallest absolute Gasteiger partial charge is 0.425 e. The van der Waals surface area contributed by atoms with Crippen LogP contribution in [0.4, 0.5) is 18.9 Å². The minimum Gasteiger partial charge on any atom is -0.497 e. The molecule has 1 N–H and O–H groups in total. The van der Waals surface area contributed by atoms with Crippen LogP contribution in [0.5, 0.6) is 5.75 Å². The van der Waals surface area contributed by atoms with Crippen LogP contribution in [0, 0.1) is 10.1 Å². The van der Waals surface area contributed by atoms with Crippen LogP contribution in [0.3, 0.4) is 0 Å². The third-order valence-corrected chi connectivity index (χ3v) is 3.41. The molecule has 0 radical (unpaired) electrons. The van der Waals surface area contributed by atoms with E-state index in [0.29, 0.717) is 5.75 Å². The number of halogens is 3. The highest BCUT2D eigenvalue weighted by molar-refractivity contribution is 5.43. The second-order valence-corrected chi connectivity index (χ2v) is 4.74. The Hall–Kier alpha value is -2.61. The number of aliphatic hydroxyl groups is 1. The van der Waals surface area contributed by atoms with E-state index in [1.807, 2.05) is 0 Å². The highest BCUT2D eigenvalue weighted by Crippen LogP contribution is 2.44. The molecular weight excluding hydrogens is 315 g/mol. The average molecular weight is 327 g/mol. The molecule has 2 aromatic carbocycles. The molecule has 0 bridgehead atoms. The maximum absolute atomic E-state index is 13.5. The van der Waals surface area contributed by atoms with Gasteiger partial charge in [-0.1, -0.05) is 12.1 Å². The van der Waals surface area contributed by atoms with E-state index in [2.05, 4.69) is 0 Å². The van der Waals surface area contributed by atoms with Crippen molar-refractivity contribution in [3.63, 3.8) is 0 Å². The number of methoxy groups -OCH3 is 1. The van der Waals surface area contributed by atoms with Crippen LogP contribution in [-0.4, -0.2) is 23.3 Å². The first-order valence-corrected chi connectivity index (χ1v) is 6.38. The van der Waals surface area contributed by atoms with Gasteiger partial charge in [-0.05, 0) is 35.4 Å². The summed E-state index contributed by atoms with van der Waals surface area (Å²) < 4.78 is 45.4. The van der Waals surface area contributed by atoms with Gasteiger partial charge in [0.2, 0.25) is 5.60 Å². The number of benzene rings is 2. The highest BCUT2D eigenvalue weighted by atomic mass is 19.4. The van der Waals surface area contributed by atoms with Crippen molar-refractivity contribution in [3.05, 3.63) is 69.8 Å². The molecule has 5 nitrogen and oxygen atoms in total. The Balaban J connectivity index is 2.57. The van der Waals surface area contributed by atoms with Gasteiger partial charge in [0.1, 0.15) is 5.75 Å². The van der Waals surface area contributed by atoms with Gasteiger partial charge in [-0.25, -0.2) is 0 Å². The van der Waals surface area contributed by atoms with Gasteiger partial charge in [0.05, 0.1) is 12.0 Å². The molecule has 1 atom stereocenters. The molecular formula is C15H12F3NO4. The van der Waals surface area contributed by atoms with Gasteiger partial charge >= 0.3 is 6.18 Å². The van der Waals surface area contributed by atoms with Crippen molar-refractivity contribution in [1.82, 2.24) is 0 Å². The summed E-state index contributed by atoms with van der Waals surface area (Å²) in [7, 11) is 1.36. The lowest BCUT2D eigenvalue weighted by Gasteiger charge is -2.31. The van der Waals surface area contributed by atoms with E-state index in [1.165, 1.54) is 19.2 Å². The van der Waals surface area contributed by atoms with E-state index in [9.17, 15) is 28.4 Å². The zero-order chi connectivity index (χ0) is 17.3. The Morgan fingerprint density at radius 1 is 1.00 bits per heavy atom. The van der Waals surface area contributed by atoms with Gasteiger partial charge < -0.3 is 9.84 Å². The summed E-state index contributed by atoms with van der Waals surface area (Å²) in [6.45, 7) is 0. The molecule has 0 aliphatic heterocycles. The Bertz CT molecular complexity index is 698. The maximum atomic E-state index is 13.5. The van der Waals surface area contributed by atoms with E-state index in [4.69, 9.17) is 4.74 Å². The number of non-ortho nitro benzene ring substituents is 1. The number of ether oxygens (including phenoxy) is 1. The zero-order valence-corrected chi connectivity index (χ0v) is 11.9. The summed E-state index contributed by atoms with van der Waals surface area (Å²) in [5, 5.41) is 21.0. The second-order valence-electron chi connectivity index (χ2n) is 4.74. The zero-order valence-electron chi connectivity index (χ0n) is 11.9. The topological polar surface area (TPSA) is 72.6 Å². The fourth-order valence-electron chi connectivity index (χ4n) is 2.15. The molecule has 2 rings (SSSR count). The van der Waals surface area contributed by atoms with E-state index in [-0.39, 0.29) is 5.69 Å². The molecule has 0 heterocycles. The van der Waals surface area contributed by atoms with Crippen molar-refractivity contribution in [2.24, 2.45) is 0 Å². The minimum absolute atomic E-state index is 0.335. The van der Waals surface area contributed by atoms with Crippen molar-refractivity contribution in [3.8, 4) is 5.75 Å². The van der Waals surface area contributed by atoms with Gasteiger partial charge in [0, 0.05) is 12.1 Å². The fourth-order valence-corrected chi connectivity index (χ4v) is 2.15. The minimum atomic E-state index is -5.02. The predicted octanol–water partition coefficient (Wildman–Crippen LogP) is 3.40. The summed E-state index contributed by atoms with van der Waals surface area (Å²) in [6, 6.07) is 8.35. The van der Waals surface area contributed by atoms with Crippen molar-refractivity contribution in [2.45, 2.75) is 11.8 Å². The van der Waals surface area contributed by atoms with Crippen molar-refractivity contribution < 1.29 is 27.9 Å². The Kier molecular flexibility index (Phi) is 4.28. The van der Waals surface area contributed by atoms with E-state index in [1.54, 1.807) is 0 Å². The number of nitro groups is 1. The largest absolute Gasteiger partial charge is 0.497 e. The van der Waals surface area contributed by atoms with Crippen LogP contribution in [-0.2, 0) is 5.60 Å². The summed E-state index contributed by atoms with van der Waals surface area (Å²) in [5.41, 5.74) is -4.58. The van der Waals surface area contributed by atoms with Crippen molar-refractivity contribution in [1.29, 1.82) is 0 Å². The van der Waals surface area contributed by atoms with Gasteiger partial charge in [0.25, 0.3) is 5.69 Å². The molecule has 1 unspecified atom stereocenters. The summed E-state index contributed by atoms with van der Waals surface area (Å²) in [4.78, 5) is 9.87. The van der Waals surface area contributed by atoms with Crippen molar-refractivity contribution >= 4 is 5.69 Å². The number of nitro benzene ring substituents is 1. The standard InChI is InChI=1S/C15H12F3NO4/c1-23-13-8-4-11(5-9-13)14(20,15(16,17)18)10-2-6-12(7-3-10)19(21)22/h2-9,20H,1H3. The Morgan fingerprint density at radius 2 is 1.43 bits per heavy atom. The van der Waals surface area contributed by atoms with Gasteiger partial charge in [-0.3, -0.25) is 10.1 Å². The summed E-state index contributed by atoms with van der Waals surface area (Å²) in [5.74, 6) is 0.335. The van der Waals surface area contributed by atoms with Gasteiger partial charge in [0.15, 0.2) is 0 Å². The summed E-state index contributed by atoms with van der Waals surface area (Å²) >= 11 is 0. The molecule has 8 heteroatoms. The summed E-state index contributed by atoms with van der Waals surface area (Å²) in [6.07, 6.45) is -5.02. The third-order valence-electron chi connectivity index (χ3n) is 3.41. The molecule has 0 saturated carbocycles. The molecule has 0 fully saturated rings. The quantitative estimate of drug-likeness (QED) is 0.690. The molecule has 0 amide bonds. The van der Waals surface area contributed by atoms with Crippen LogP contribution < -0.4 is 4.74 Å². The van der Waals surface area contributed by atoms with Gasteiger partial charge in [-0.2, -0.15) is 13.2 Å². The average Bonchev–Trinajstić information content (AvgIpc) is 2.53. The first-order chi connectivity index (χ1) is 10.7. The van der Waals surface area contributed by atoms with Crippen LogP contribution in [0.15, 0.2) is 48.5 Å². The lowest BCUT2D eigenvalue weighted by Crippen LogP contribution is -2.43. The Morgan fingerprint density at radius 3 is 1.78 bits per heavy atom. The molecule has 0 saturated heterocycles. The van der Waals surface area contributed by atoms with E-state index >= 15 is 0 Å². The lowest BCUT2D eigenvalue weighted by atomic mass is 9.85. The predicted molar refractivity (Wildman–Crippen MR) is 75.1 cm³/mol. The van der Waals surface area contributed by atoms with Gasteiger partial charge in [-0.15, -0.1) is 0 Å². The normalized spacial score (nSPS) is 14.1. The fraction of sp³-hybridized carbons (Fsp3) is 0.200. The lowest BCUT2D eigenvalue weighted by molar-refractivity contribution is -0.384. The highest BCUT2D eigenvalue weighted by Gasteiger charge is 2.56. The van der Waals surface area contributed by atoms with Crippen LogP contribution >= 0.6 is 0 Å². The molecule has 23 heavy (non-hydrogen) atoms. The number of rotatable bonds is 4. The SMILES string of the molecule is COc1ccc(C(O)(c2ccc([N+](=O)[O-])cc2)C(F)(F)F)cc1. The van der Waals surface area contributed by atoms with Crippen LogP contribution in [0.25, 0.3) is 0 Å². The first kappa shape index (κ1) is 16.8. The molecule has 2 aromatic rings. The van der Waals surface area contributed by atoms with E-state index in [0.717, 1.165) is 36.4 Å². The van der Waals surface area contributed by atoms with Crippen molar-refractivity contribution in [2.75, 3.05) is 7.11 Å². The number of hydrogen-bond donors (Lipinski definition) is 1. The third kappa shape index (κ3) is 2.98. The molecule has 122 valence electrons.